The van der Waals surface area contributed by atoms with Crippen molar-refractivity contribution in [1.82, 2.24) is 19.1 Å². The number of benzene rings is 6. The van der Waals surface area contributed by atoms with Crippen LogP contribution in [0.25, 0.3) is 88.5 Å². The van der Waals surface area contributed by atoms with E-state index in [-0.39, 0.29) is 0 Å². The predicted octanol–water partition coefficient (Wildman–Crippen LogP) is 11.7. The summed E-state index contributed by atoms with van der Waals surface area (Å²) in [5.74, 6) is 0.920. The molecule has 6 aromatic carbocycles. The second-order valence-electron chi connectivity index (χ2n) is 12.7. The summed E-state index contributed by atoms with van der Waals surface area (Å²) in [5, 5.41) is 4.89. The zero-order valence-electron chi connectivity index (χ0n) is 27.1. The number of hydrogen-bond donors (Lipinski definition) is 0. The van der Waals surface area contributed by atoms with Crippen LogP contribution in [0.15, 0.2) is 182 Å². The molecule has 0 spiro atoms. The summed E-state index contributed by atoms with van der Waals surface area (Å²) >= 11 is 0. The summed E-state index contributed by atoms with van der Waals surface area (Å²) in [6, 6.07) is 58.7. The highest BCUT2D eigenvalue weighted by atomic mass is 15.1. The standard InChI is InChI=1S/C46H30N4/c1-2-11-31(12-3-1)38-27-34(35-13-10-25-47-30-35)21-22-43(38)49-41-16-6-4-14-36(41)39-28-32(19-23-44(39)49)33-20-24-45-40(29-33)37-15-5-7-17-42(37)50(45)46-18-8-9-26-48-46/h1-30H. The third kappa shape index (κ3) is 4.46. The molecule has 4 nitrogen and oxygen atoms in total. The molecule has 0 amide bonds. The molecule has 10 aromatic rings. The third-order valence-electron chi connectivity index (χ3n) is 9.87. The van der Waals surface area contributed by atoms with E-state index in [4.69, 9.17) is 4.98 Å². The van der Waals surface area contributed by atoms with Gasteiger partial charge in [-0.2, -0.15) is 0 Å². The number of aromatic nitrogens is 4. The molecule has 4 heterocycles. The van der Waals surface area contributed by atoms with Gasteiger partial charge in [-0.1, -0.05) is 97.1 Å². The monoisotopic (exact) mass is 638 g/mol. The summed E-state index contributed by atoms with van der Waals surface area (Å²) in [6.07, 6.45) is 5.61. The Kier molecular flexibility index (Phi) is 6.46. The summed E-state index contributed by atoms with van der Waals surface area (Å²) in [5.41, 5.74) is 12.8. The Balaban J connectivity index is 1.17. The van der Waals surface area contributed by atoms with E-state index in [0.29, 0.717) is 0 Å². The summed E-state index contributed by atoms with van der Waals surface area (Å²) in [6.45, 7) is 0. The molecule has 0 atom stereocenters. The lowest BCUT2D eigenvalue weighted by Gasteiger charge is -2.16. The number of rotatable bonds is 5. The highest BCUT2D eigenvalue weighted by Gasteiger charge is 2.18. The number of hydrogen-bond acceptors (Lipinski definition) is 2. The number of fused-ring (bicyclic) bond motifs is 6. The molecule has 10 rings (SSSR count). The molecule has 0 saturated heterocycles. The van der Waals surface area contributed by atoms with Crippen LogP contribution in [-0.4, -0.2) is 19.1 Å². The van der Waals surface area contributed by atoms with Crippen molar-refractivity contribution in [2.24, 2.45) is 0 Å². The second-order valence-corrected chi connectivity index (χ2v) is 12.7. The van der Waals surface area contributed by atoms with Gasteiger partial charge >= 0.3 is 0 Å². The van der Waals surface area contributed by atoms with Gasteiger partial charge in [0.1, 0.15) is 5.82 Å². The van der Waals surface area contributed by atoms with Gasteiger partial charge in [0.05, 0.1) is 27.8 Å². The number of para-hydroxylation sites is 2. The first-order valence-electron chi connectivity index (χ1n) is 16.9. The van der Waals surface area contributed by atoms with Gasteiger partial charge in [-0.15, -0.1) is 0 Å². The fraction of sp³-hybridized carbons (Fsp3) is 0. The molecule has 4 aromatic heterocycles. The molecule has 4 heteroatoms. The molecule has 0 saturated carbocycles. The van der Waals surface area contributed by atoms with E-state index in [1.807, 2.05) is 36.8 Å². The van der Waals surface area contributed by atoms with Crippen LogP contribution in [0.3, 0.4) is 0 Å². The van der Waals surface area contributed by atoms with E-state index in [9.17, 15) is 0 Å². The third-order valence-corrected chi connectivity index (χ3v) is 9.87. The first kappa shape index (κ1) is 28.3. The maximum absolute atomic E-state index is 4.70. The predicted molar refractivity (Wildman–Crippen MR) is 207 cm³/mol. The lowest BCUT2D eigenvalue weighted by atomic mass is 9.97. The SMILES string of the molecule is c1ccc(-c2cc(-c3cccnc3)ccc2-n2c3ccccc3c3cc(-c4ccc5c(c4)c4ccccc4n5-c4ccccn4)ccc32)cc1. The van der Waals surface area contributed by atoms with Crippen LogP contribution in [0.2, 0.25) is 0 Å². The Morgan fingerprint density at radius 2 is 0.940 bits per heavy atom. The molecular formula is C46H30N4. The number of pyridine rings is 2. The smallest absolute Gasteiger partial charge is 0.137 e. The van der Waals surface area contributed by atoms with Gasteiger partial charge in [0.2, 0.25) is 0 Å². The lowest BCUT2D eigenvalue weighted by molar-refractivity contribution is 1.08. The molecule has 0 radical (unpaired) electrons. The van der Waals surface area contributed by atoms with Crippen molar-refractivity contribution in [3.8, 4) is 44.9 Å². The van der Waals surface area contributed by atoms with Crippen LogP contribution >= 0.6 is 0 Å². The van der Waals surface area contributed by atoms with Gasteiger partial charge in [0, 0.05) is 51.3 Å². The Morgan fingerprint density at radius 1 is 0.360 bits per heavy atom. The summed E-state index contributed by atoms with van der Waals surface area (Å²) in [4.78, 5) is 9.08. The Morgan fingerprint density at radius 3 is 1.62 bits per heavy atom. The van der Waals surface area contributed by atoms with Crippen LogP contribution in [0, 0.1) is 0 Å². The van der Waals surface area contributed by atoms with E-state index in [1.165, 1.54) is 54.8 Å². The molecule has 234 valence electrons. The first-order valence-corrected chi connectivity index (χ1v) is 16.9. The van der Waals surface area contributed by atoms with Gasteiger partial charge in [-0.3, -0.25) is 9.55 Å². The van der Waals surface area contributed by atoms with Gasteiger partial charge < -0.3 is 4.57 Å². The normalized spacial score (nSPS) is 11.6. The van der Waals surface area contributed by atoms with Crippen molar-refractivity contribution >= 4 is 43.6 Å². The van der Waals surface area contributed by atoms with Crippen molar-refractivity contribution in [3.63, 3.8) is 0 Å². The Bertz CT molecular complexity index is 2850. The van der Waals surface area contributed by atoms with Crippen LogP contribution in [0.5, 0.6) is 0 Å². The maximum atomic E-state index is 4.70. The largest absolute Gasteiger partial charge is 0.309 e. The van der Waals surface area contributed by atoms with Crippen molar-refractivity contribution < 1.29 is 0 Å². The Labute approximate surface area is 289 Å². The molecular weight excluding hydrogens is 609 g/mol. The van der Waals surface area contributed by atoms with Gasteiger partial charge in [0.25, 0.3) is 0 Å². The maximum Gasteiger partial charge on any atom is 0.137 e. The zero-order chi connectivity index (χ0) is 33.0. The molecule has 50 heavy (non-hydrogen) atoms. The van der Waals surface area contributed by atoms with Gasteiger partial charge in [0.15, 0.2) is 0 Å². The van der Waals surface area contributed by atoms with Crippen molar-refractivity contribution in [2.75, 3.05) is 0 Å². The number of nitrogens with zero attached hydrogens (tertiary/aromatic N) is 4. The summed E-state index contributed by atoms with van der Waals surface area (Å²) in [7, 11) is 0. The topological polar surface area (TPSA) is 35.6 Å². The van der Waals surface area contributed by atoms with Crippen molar-refractivity contribution in [3.05, 3.63) is 182 Å². The minimum Gasteiger partial charge on any atom is -0.309 e. The second kappa shape index (κ2) is 11.4. The van der Waals surface area contributed by atoms with E-state index >= 15 is 0 Å². The van der Waals surface area contributed by atoms with Crippen LogP contribution in [-0.2, 0) is 0 Å². The van der Waals surface area contributed by atoms with E-state index in [2.05, 4.69) is 160 Å². The fourth-order valence-corrected chi connectivity index (χ4v) is 7.59. The quantitative estimate of drug-likeness (QED) is 0.188. The molecule has 0 unspecified atom stereocenters. The van der Waals surface area contributed by atoms with Gasteiger partial charge in [-0.25, -0.2) is 4.98 Å². The molecule has 0 N–H and O–H groups in total. The average Bonchev–Trinajstić information content (AvgIpc) is 3.71. The lowest BCUT2D eigenvalue weighted by Crippen LogP contribution is -1.98. The van der Waals surface area contributed by atoms with E-state index < -0.39 is 0 Å². The minimum atomic E-state index is 0.920. The highest BCUT2D eigenvalue weighted by molar-refractivity contribution is 6.13. The summed E-state index contributed by atoms with van der Waals surface area (Å²) < 4.78 is 4.68. The molecule has 0 bridgehead atoms. The molecule has 0 aliphatic carbocycles. The van der Waals surface area contributed by atoms with Crippen LogP contribution in [0.1, 0.15) is 0 Å². The average molecular weight is 639 g/mol. The zero-order valence-corrected chi connectivity index (χ0v) is 27.1. The van der Waals surface area contributed by atoms with Crippen LogP contribution < -0.4 is 0 Å². The molecule has 0 aliphatic rings. The van der Waals surface area contributed by atoms with Crippen molar-refractivity contribution in [2.45, 2.75) is 0 Å². The fourth-order valence-electron chi connectivity index (χ4n) is 7.59. The highest BCUT2D eigenvalue weighted by Crippen LogP contribution is 2.40. The first-order chi connectivity index (χ1) is 24.8. The Hall–Kier alpha value is -6.78. The minimum absolute atomic E-state index is 0.920. The van der Waals surface area contributed by atoms with Gasteiger partial charge in [-0.05, 0) is 89.0 Å². The van der Waals surface area contributed by atoms with E-state index in [0.717, 1.165) is 33.7 Å². The van der Waals surface area contributed by atoms with Crippen LogP contribution in [0.4, 0.5) is 0 Å². The van der Waals surface area contributed by atoms with Crippen molar-refractivity contribution in [1.29, 1.82) is 0 Å². The molecule has 0 aliphatic heterocycles. The van der Waals surface area contributed by atoms with E-state index in [1.54, 1.807) is 0 Å². The molecule has 0 fully saturated rings.